The molecule has 0 aromatic heterocycles. The van der Waals surface area contributed by atoms with Crippen molar-refractivity contribution in [2.24, 2.45) is 0 Å². The predicted octanol–water partition coefficient (Wildman–Crippen LogP) is 2.94. The zero-order valence-corrected chi connectivity index (χ0v) is 15.6. The topological polar surface area (TPSA) is 71.1 Å². The second-order valence-corrected chi connectivity index (χ2v) is 6.70. The Morgan fingerprint density at radius 3 is 2.38 bits per heavy atom. The van der Waals surface area contributed by atoms with Crippen LogP contribution in [-0.4, -0.2) is 54.7 Å². The maximum absolute atomic E-state index is 12.9. The van der Waals surface area contributed by atoms with Crippen LogP contribution in [-0.2, 0) is 4.79 Å². The molecule has 0 atom stereocenters. The summed E-state index contributed by atoms with van der Waals surface area (Å²) in [5.41, 5.74) is 1.38. The van der Waals surface area contributed by atoms with Crippen LogP contribution in [0.5, 0.6) is 11.5 Å². The van der Waals surface area contributed by atoms with Crippen molar-refractivity contribution in [3.63, 3.8) is 0 Å². The molecule has 0 bridgehead atoms. The van der Waals surface area contributed by atoms with Gasteiger partial charge in [-0.25, -0.2) is 9.18 Å². The van der Waals surface area contributed by atoms with Gasteiger partial charge in [-0.15, -0.1) is 0 Å². The molecular weight excluding hydrogens is 377 g/mol. The summed E-state index contributed by atoms with van der Waals surface area (Å²) in [6.45, 7) is 1.95. The molecular formula is C21H20FN3O4. The molecule has 8 heteroatoms. The van der Waals surface area contributed by atoms with Gasteiger partial charge < -0.3 is 24.6 Å². The lowest BCUT2D eigenvalue weighted by atomic mass is 10.2. The third kappa shape index (κ3) is 4.48. The van der Waals surface area contributed by atoms with E-state index in [2.05, 4.69) is 5.32 Å². The molecule has 1 N–H and O–H groups in total. The SMILES string of the molecule is O=C(/C=C/c1ccc2c(c1)OCO2)N1CCN(C(=O)Nc2ccc(F)cc2)CC1. The minimum Gasteiger partial charge on any atom is -0.454 e. The highest BCUT2D eigenvalue weighted by atomic mass is 19.1. The predicted molar refractivity (Wildman–Crippen MR) is 105 cm³/mol. The van der Waals surface area contributed by atoms with E-state index in [1.54, 1.807) is 15.9 Å². The molecule has 3 amide bonds. The van der Waals surface area contributed by atoms with Crippen molar-refractivity contribution in [3.8, 4) is 11.5 Å². The minimum absolute atomic E-state index is 0.110. The molecule has 2 aromatic carbocycles. The van der Waals surface area contributed by atoms with Crippen molar-refractivity contribution in [1.82, 2.24) is 9.80 Å². The number of carbonyl (C=O) groups excluding carboxylic acids is 2. The molecule has 2 heterocycles. The summed E-state index contributed by atoms with van der Waals surface area (Å²) < 4.78 is 23.6. The van der Waals surface area contributed by atoms with Crippen LogP contribution in [0.25, 0.3) is 6.08 Å². The Labute approximate surface area is 167 Å². The van der Waals surface area contributed by atoms with Crippen LogP contribution in [0.4, 0.5) is 14.9 Å². The Balaban J connectivity index is 1.28. The molecule has 0 saturated carbocycles. The van der Waals surface area contributed by atoms with Crippen molar-refractivity contribution >= 4 is 23.7 Å². The number of halogens is 1. The number of anilines is 1. The summed E-state index contributed by atoms with van der Waals surface area (Å²) in [7, 11) is 0. The average Bonchev–Trinajstić information content (AvgIpc) is 3.21. The standard InChI is InChI=1S/C21H20FN3O4/c22-16-3-5-17(6-4-16)23-21(27)25-11-9-24(10-12-25)20(26)8-2-15-1-7-18-19(13-15)29-14-28-18/h1-8,13H,9-12,14H2,(H,23,27)/b8-2+. The zero-order chi connectivity index (χ0) is 20.2. The molecule has 2 aliphatic heterocycles. The Bertz CT molecular complexity index is 937. The van der Waals surface area contributed by atoms with Gasteiger partial charge in [-0.2, -0.15) is 0 Å². The van der Waals surface area contributed by atoms with Gasteiger partial charge in [0.05, 0.1) is 0 Å². The fourth-order valence-corrected chi connectivity index (χ4v) is 3.16. The summed E-state index contributed by atoms with van der Waals surface area (Å²) in [5, 5.41) is 2.73. The third-order valence-electron chi connectivity index (χ3n) is 4.79. The molecule has 0 radical (unpaired) electrons. The number of carbonyl (C=O) groups is 2. The number of urea groups is 1. The zero-order valence-electron chi connectivity index (χ0n) is 15.6. The van der Waals surface area contributed by atoms with Crippen LogP contribution in [0.1, 0.15) is 5.56 Å². The van der Waals surface area contributed by atoms with Crippen molar-refractivity contribution in [1.29, 1.82) is 0 Å². The quantitative estimate of drug-likeness (QED) is 0.809. The van der Waals surface area contributed by atoms with Gasteiger partial charge in [0.2, 0.25) is 12.7 Å². The smallest absolute Gasteiger partial charge is 0.321 e. The summed E-state index contributed by atoms with van der Waals surface area (Å²) in [6, 6.07) is 10.8. The van der Waals surface area contributed by atoms with Gasteiger partial charge in [0.15, 0.2) is 11.5 Å². The molecule has 7 nitrogen and oxygen atoms in total. The monoisotopic (exact) mass is 397 g/mol. The van der Waals surface area contributed by atoms with Gasteiger partial charge in [-0.3, -0.25) is 4.79 Å². The van der Waals surface area contributed by atoms with Gasteiger partial charge in [0, 0.05) is 37.9 Å². The molecule has 0 unspecified atom stereocenters. The first kappa shape index (κ1) is 18.8. The van der Waals surface area contributed by atoms with Gasteiger partial charge in [-0.05, 0) is 48.0 Å². The van der Waals surface area contributed by atoms with Crippen LogP contribution in [0.15, 0.2) is 48.5 Å². The van der Waals surface area contributed by atoms with E-state index >= 15 is 0 Å². The van der Waals surface area contributed by atoms with Crippen LogP contribution < -0.4 is 14.8 Å². The molecule has 2 aromatic rings. The maximum Gasteiger partial charge on any atom is 0.321 e. The Morgan fingerprint density at radius 2 is 1.62 bits per heavy atom. The number of hydrogen-bond acceptors (Lipinski definition) is 4. The molecule has 150 valence electrons. The first-order chi connectivity index (χ1) is 14.1. The Hall–Kier alpha value is -3.55. The lowest BCUT2D eigenvalue weighted by molar-refractivity contribution is -0.127. The molecule has 2 aliphatic rings. The number of benzene rings is 2. The van der Waals surface area contributed by atoms with E-state index in [0.717, 1.165) is 5.56 Å². The second-order valence-electron chi connectivity index (χ2n) is 6.70. The minimum atomic E-state index is -0.357. The van der Waals surface area contributed by atoms with E-state index < -0.39 is 0 Å². The fraction of sp³-hybridized carbons (Fsp3) is 0.238. The van der Waals surface area contributed by atoms with Crippen molar-refractivity contribution in [3.05, 3.63) is 59.9 Å². The van der Waals surface area contributed by atoms with Crippen molar-refractivity contribution in [2.75, 3.05) is 38.3 Å². The molecule has 1 saturated heterocycles. The third-order valence-corrected chi connectivity index (χ3v) is 4.79. The summed E-state index contributed by atoms with van der Waals surface area (Å²) >= 11 is 0. The Kier molecular flexibility index (Phi) is 5.33. The molecule has 1 fully saturated rings. The number of amides is 3. The number of hydrogen-bond donors (Lipinski definition) is 1. The summed E-state index contributed by atoms with van der Waals surface area (Å²) in [6.07, 6.45) is 3.25. The maximum atomic E-state index is 12.9. The number of nitrogens with one attached hydrogen (secondary N) is 1. The summed E-state index contributed by atoms with van der Waals surface area (Å²) in [4.78, 5) is 28.1. The van der Waals surface area contributed by atoms with E-state index in [0.29, 0.717) is 43.4 Å². The van der Waals surface area contributed by atoms with E-state index in [4.69, 9.17) is 9.47 Å². The molecule has 4 rings (SSSR count). The van der Waals surface area contributed by atoms with E-state index in [1.165, 1.54) is 30.3 Å². The van der Waals surface area contributed by atoms with Gasteiger partial charge in [0.1, 0.15) is 5.82 Å². The largest absolute Gasteiger partial charge is 0.454 e. The Morgan fingerprint density at radius 1 is 0.931 bits per heavy atom. The number of fused-ring (bicyclic) bond motifs is 1. The summed E-state index contributed by atoms with van der Waals surface area (Å²) in [5.74, 6) is 0.897. The number of piperazine rings is 1. The van der Waals surface area contributed by atoms with Crippen LogP contribution in [0.3, 0.4) is 0 Å². The number of ether oxygens (including phenoxy) is 2. The highest BCUT2D eigenvalue weighted by Gasteiger charge is 2.23. The normalized spacial score (nSPS) is 15.6. The first-order valence-corrected chi connectivity index (χ1v) is 9.27. The van der Waals surface area contributed by atoms with E-state index in [-0.39, 0.29) is 24.5 Å². The van der Waals surface area contributed by atoms with Gasteiger partial charge >= 0.3 is 6.03 Å². The lowest BCUT2D eigenvalue weighted by Crippen LogP contribution is -2.51. The lowest BCUT2D eigenvalue weighted by Gasteiger charge is -2.34. The van der Waals surface area contributed by atoms with E-state index in [1.807, 2.05) is 18.2 Å². The fourth-order valence-electron chi connectivity index (χ4n) is 3.16. The average molecular weight is 397 g/mol. The molecule has 0 spiro atoms. The highest BCUT2D eigenvalue weighted by molar-refractivity contribution is 5.92. The number of rotatable bonds is 3. The molecule has 0 aliphatic carbocycles. The van der Waals surface area contributed by atoms with Crippen LogP contribution in [0.2, 0.25) is 0 Å². The van der Waals surface area contributed by atoms with E-state index in [9.17, 15) is 14.0 Å². The number of nitrogens with zero attached hydrogens (tertiary/aromatic N) is 2. The van der Waals surface area contributed by atoms with Crippen LogP contribution in [0, 0.1) is 5.82 Å². The second kappa shape index (κ2) is 8.22. The highest BCUT2D eigenvalue weighted by Crippen LogP contribution is 2.32. The van der Waals surface area contributed by atoms with Crippen molar-refractivity contribution < 1.29 is 23.5 Å². The van der Waals surface area contributed by atoms with Gasteiger partial charge in [-0.1, -0.05) is 6.07 Å². The van der Waals surface area contributed by atoms with Crippen LogP contribution >= 0.6 is 0 Å². The van der Waals surface area contributed by atoms with Crippen molar-refractivity contribution in [2.45, 2.75) is 0 Å². The first-order valence-electron chi connectivity index (χ1n) is 9.27. The van der Waals surface area contributed by atoms with Gasteiger partial charge in [0.25, 0.3) is 0 Å². The molecule has 29 heavy (non-hydrogen) atoms.